The summed E-state index contributed by atoms with van der Waals surface area (Å²) in [5, 5.41) is 1.20. The van der Waals surface area contributed by atoms with Gasteiger partial charge < -0.3 is 9.47 Å². The quantitative estimate of drug-likeness (QED) is 0.473. The normalized spacial score (nSPS) is 12.8. The molecule has 0 spiro atoms. The molecule has 0 fully saturated rings. The zero-order chi connectivity index (χ0) is 25.3. The van der Waals surface area contributed by atoms with E-state index in [1.807, 2.05) is 0 Å². The average molecular weight is 516 g/mol. The maximum Gasteiger partial charge on any atom is 0.430 e. The van der Waals surface area contributed by atoms with Gasteiger partial charge in [-0.05, 0) is 26.8 Å². The van der Waals surface area contributed by atoms with Crippen molar-refractivity contribution in [2.45, 2.75) is 37.5 Å². The van der Waals surface area contributed by atoms with Crippen molar-refractivity contribution in [2.75, 3.05) is 4.31 Å². The van der Waals surface area contributed by atoms with Crippen LogP contribution in [0.1, 0.15) is 32.6 Å². The van der Waals surface area contributed by atoms with E-state index in [-0.39, 0.29) is 9.87 Å². The van der Waals surface area contributed by atoms with Gasteiger partial charge in [0.2, 0.25) is 0 Å². The van der Waals surface area contributed by atoms with Gasteiger partial charge >= 0.3 is 6.09 Å². The fourth-order valence-corrected chi connectivity index (χ4v) is 4.74. The van der Waals surface area contributed by atoms with Crippen molar-refractivity contribution in [1.82, 2.24) is 4.98 Å². The van der Waals surface area contributed by atoms with Crippen LogP contribution in [0.5, 0.6) is 5.75 Å². The molecule has 8 nitrogen and oxygen atoms in total. The van der Waals surface area contributed by atoms with Crippen LogP contribution in [0, 0.1) is 17.5 Å². The Morgan fingerprint density at radius 1 is 1.12 bits per heavy atom. The number of carbonyl (C=O) groups is 1. The number of sulfonamides is 1. The highest BCUT2D eigenvalue weighted by atomic mass is 32.2. The molecule has 2 N–H and O–H groups in total. The van der Waals surface area contributed by atoms with Crippen LogP contribution in [0.4, 0.5) is 23.8 Å². The number of amides is 1. The van der Waals surface area contributed by atoms with E-state index in [4.69, 9.17) is 15.2 Å². The number of hydrogen-bond acceptors (Lipinski definition) is 8. The van der Waals surface area contributed by atoms with E-state index < -0.39 is 61.9 Å². The molecule has 0 aliphatic heterocycles. The topological polar surface area (TPSA) is 112 Å². The monoisotopic (exact) mass is 515 g/mol. The second-order valence-electron chi connectivity index (χ2n) is 7.87. The lowest BCUT2D eigenvalue weighted by Crippen LogP contribution is -2.41. The first-order chi connectivity index (χ1) is 15.8. The Labute approximate surface area is 197 Å². The molecule has 13 heteroatoms. The van der Waals surface area contributed by atoms with Crippen molar-refractivity contribution in [3.8, 4) is 5.75 Å². The summed E-state index contributed by atoms with van der Waals surface area (Å²) in [6, 6.07) is 6.47. The first-order valence-corrected chi connectivity index (χ1v) is 12.0. The number of halogens is 3. The highest BCUT2D eigenvalue weighted by Gasteiger charge is 2.39. The molecule has 0 saturated heterocycles. The van der Waals surface area contributed by atoms with E-state index in [0.717, 1.165) is 17.4 Å². The van der Waals surface area contributed by atoms with Gasteiger partial charge in [0.05, 0.1) is 5.51 Å². The molecule has 34 heavy (non-hydrogen) atoms. The summed E-state index contributed by atoms with van der Waals surface area (Å²) in [6.45, 7) is 4.47. The minimum atomic E-state index is -5.15. The number of anilines is 1. The van der Waals surface area contributed by atoms with Gasteiger partial charge in [0.25, 0.3) is 10.0 Å². The Kier molecular flexibility index (Phi) is 7.19. The summed E-state index contributed by atoms with van der Waals surface area (Å²) < 4.78 is 80.5. The zero-order valence-electron chi connectivity index (χ0n) is 18.2. The fraction of sp³-hybridized carbons (Fsp3) is 0.238. The molecule has 1 aromatic heterocycles. The van der Waals surface area contributed by atoms with Crippen LogP contribution in [-0.2, 0) is 14.8 Å². The molecule has 0 unspecified atom stereocenters. The van der Waals surface area contributed by atoms with Gasteiger partial charge in [-0.3, -0.25) is 5.73 Å². The molecular formula is C21H20F3N3O5S2. The molecule has 2 aromatic carbocycles. The summed E-state index contributed by atoms with van der Waals surface area (Å²) in [5.74, 6) is -4.74. The summed E-state index contributed by atoms with van der Waals surface area (Å²) in [5.41, 5.74) is 5.80. The zero-order valence-corrected chi connectivity index (χ0v) is 19.8. The Hall–Kier alpha value is -3.16. The highest BCUT2D eigenvalue weighted by Crippen LogP contribution is 2.32. The summed E-state index contributed by atoms with van der Waals surface area (Å²) in [6.07, 6.45) is -2.84. The van der Waals surface area contributed by atoms with Gasteiger partial charge in [-0.1, -0.05) is 18.2 Å². The van der Waals surface area contributed by atoms with Gasteiger partial charge in [0, 0.05) is 23.1 Å². The summed E-state index contributed by atoms with van der Waals surface area (Å²) >= 11 is 0.954. The lowest BCUT2D eigenvalue weighted by atomic mass is 10.2. The van der Waals surface area contributed by atoms with E-state index in [1.54, 1.807) is 0 Å². The number of hydrogen-bond donors (Lipinski definition) is 1. The van der Waals surface area contributed by atoms with Gasteiger partial charge in [-0.15, -0.1) is 15.6 Å². The van der Waals surface area contributed by atoms with E-state index in [9.17, 15) is 26.4 Å². The predicted octanol–water partition coefficient (Wildman–Crippen LogP) is 4.73. The predicted molar refractivity (Wildman–Crippen MR) is 118 cm³/mol. The number of nitrogens with two attached hydrogens (primary N) is 1. The van der Waals surface area contributed by atoms with Crippen LogP contribution >= 0.6 is 11.3 Å². The van der Waals surface area contributed by atoms with Crippen molar-refractivity contribution in [1.29, 1.82) is 0 Å². The molecule has 1 heterocycles. The highest BCUT2D eigenvalue weighted by molar-refractivity contribution is 7.93. The van der Waals surface area contributed by atoms with Crippen LogP contribution in [0.3, 0.4) is 0 Å². The van der Waals surface area contributed by atoms with Gasteiger partial charge in [-0.25, -0.2) is 31.4 Å². The maximum atomic E-state index is 14.9. The SMILES string of the molecule is CC(C)(C)OC(=O)N(c1cscn1)S(=O)(=O)c1c(F)cc(O[C@@H](N)c2ccccc2F)cc1F. The average Bonchev–Trinajstić information content (AvgIpc) is 3.19. The molecule has 0 radical (unpaired) electrons. The molecule has 0 aliphatic carbocycles. The van der Waals surface area contributed by atoms with Crippen LogP contribution in [0.15, 0.2) is 52.2 Å². The molecular weight excluding hydrogens is 495 g/mol. The Bertz CT molecular complexity index is 1270. The van der Waals surface area contributed by atoms with Gasteiger partial charge in [-0.2, -0.15) is 0 Å². The van der Waals surface area contributed by atoms with Gasteiger partial charge in [0.15, 0.2) is 16.9 Å². The smallest absolute Gasteiger partial charge is 0.430 e. The number of thiazole rings is 1. The first kappa shape index (κ1) is 25.5. The van der Waals surface area contributed by atoms with Crippen molar-refractivity contribution >= 4 is 33.3 Å². The Morgan fingerprint density at radius 2 is 1.74 bits per heavy atom. The number of ether oxygens (including phenoxy) is 2. The third-order valence-electron chi connectivity index (χ3n) is 4.13. The maximum absolute atomic E-state index is 14.9. The molecule has 1 amide bonds. The van der Waals surface area contributed by atoms with Crippen LogP contribution in [0.2, 0.25) is 0 Å². The largest absolute Gasteiger partial charge is 0.471 e. The van der Waals surface area contributed by atoms with E-state index >= 15 is 0 Å². The van der Waals surface area contributed by atoms with Crippen LogP contribution < -0.4 is 14.8 Å². The molecule has 1 atom stereocenters. The molecule has 3 rings (SSSR count). The number of nitrogens with zero attached hydrogens (tertiary/aromatic N) is 2. The van der Waals surface area contributed by atoms with Crippen LogP contribution in [0.25, 0.3) is 0 Å². The van der Waals surface area contributed by atoms with Crippen molar-refractivity contribution in [3.63, 3.8) is 0 Å². The first-order valence-electron chi connectivity index (χ1n) is 9.63. The van der Waals surface area contributed by atoms with Crippen molar-refractivity contribution < 1.29 is 35.9 Å². The second kappa shape index (κ2) is 9.60. The standard InChI is InChI=1S/C21H20F3N3O5S2/c1-21(2,3)32-20(28)27(17-10-33-11-26-17)34(29,30)18-15(23)8-12(9-16(18)24)31-19(25)13-6-4-5-7-14(13)22/h4-11,19H,25H2,1-3H3/t19-/m1/s1. The summed E-state index contributed by atoms with van der Waals surface area (Å²) in [7, 11) is -5.15. The lowest BCUT2D eigenvalue weighted by molar-refractivity contribution is 0.0608. The van der Waals surface area contributed by atoms with Crippen molar-refractivity contribution in [3.05, 3.63) is 70.3 Å². The van der Waals surface area contributed by atoms with Crippen molar-refractivity contribution in [2.24, 2.45) is 5.73 Å². The Morgan fingerprint density at radius 3 is 2.26 bits per heavy atom. The molecule has 0 saturated carbocycles. The number of benzene rings is 2. The molecule has 0 bridgehead atoms. The number of rotatable bonds is 6. The molecule has 0 aliphatic rings. The summed E-state index contributed by atoms with van der Waals surface area (Å²) in [4.78, 5) is 15.0. The fourth-order valence-electron chi connectivity index (χ4n) is 2.78. The van der Waals surface area contributed by atoms with E-state index in [2.05, 4.69) is 4.98 Å². The third-order valence-corrected chi connectivity index (χ3v) is 6.43. The minimum absolute atomic E-state index is 0.0713. The lowest BCUT2D eigenvalue weighted by Gasteiger charge is -2.26. The van der Waals surface area contributed by atoms with E-state index in [1.165, 1.54) is 49.9 Å². The minimum Gasteiger partial charge on any atom is -0.471 e. The second-order valence-corrected chi connectivity index (χ2v) is 10.3. The van der Waals surface area contributed by atoms with Gasteiger partial charge in [0.1, 0.15) is 28.8 Å². The van der Waals surface area contributed by atoms with E-state index in [0.29, 0.717) is 12.1 Å². The molecule has 3 aromatic rings. The Balaban J connectivity index is 2.00. The van der Waals surface area contributed by atoms with Crippen LogP contribution in [-0.4, -0.2) is 25.1 Å². The third kappa shape index (κ3) is 5.48. The number of carbonyl (C=O) groups excluding carboxylic acids is 1. The molecule has 182 valence electrons. The number of aromatic nitrogens is 1.